The maximum absolute atomic E-state index is 2.68. The molecule has 2 aromatic heterocycles. The van der Waals surface area contributed by atoms with E-state index in [9.17, 15) is 0 Å². The van der Waals surface area contributed by atoms with E-state index in [4.69, 9.17) is 0 Å². The van der Waals surface area contributed by atoms with Crippen molar-refractivity contribution in [3.05, 3.63) is 300 Å². The van der Waals surface area contributed by atoms with Crippen LogP contribution in [-0.2, 0) is 25.7 Å². The lowest BCUT2D eigenvalue weighted by atomic mass is 9.83. The molecule has 16 aromatic rings. The first-order valence-corrected chi connectivity index (χ1v) is 34.3. The monoisotopic (exact) mass is 1210 g/mol. The molecule has 14 aromatic carbocycles. The Bertz CT molecular complexity index is 5260. The first kappa shape index (κ1) is 56.1. The number of nitrogens with zero attached hydrogens (tertiary/aromatic N) is 4. The van der Waals surface area contributed by atoms with E-state index < -0.39 is 0 Å². The molecule has 0 saturated carbocycles. The predicted octanol–water partition coefficient (Wildman–Crippen LogP) is 25.1. The molecular formula is C90H74N4. The van der Waals surface area contributed by atoms with Crippen LogP contribution < -0.4 is 9.80 Å². The summed E-state index contributed by atoms with van der Waals surface area (Å²) >= 11 is 0. The van der Waals surface area contributed by atoms with E-state index >= 15 is 0 Å². The molecule has 0 amide bonds. The Kier molecular flexibility index (Phi) is 13.5. The summed E-state index contributed by atoms with van der Waals surface area (Å²) in [5, 5.41) is 12.9. The SMILES string of the molecule is CC(C)c1cc(N(c2ccc3c4ccccc4n(-c4ccc(-c5ccccc5)cc4)c3c2)c2cccc3c2CCCC3)c2ccc3c(C(C)C)cc(N(c4ccc5c6ccccc6n(-c6ccc(-c7ccccc7)cc6)c5c4)c4cccc5c4CCCC5)c4ccc1c2c34. The number of hydrogen-bond donors (Lipinski definition) is 0. The summed E-state index contributed by atoms with van der Waals surface area (Å²) < 4.78 is 4.99. The fourth-order valence-corrected chi connectivity index (χ4v) is 16.7. The summed E-state index contributed by atoms with van der Waals surface area (Å²) in [6.07, 6.45) is 9.08. The molecule has 0 bridgehead atoms. The van der Waals surface area contributed by atoms with Crippen molar-refractivity contribution in [1.82, 2.24) is 9.13 Å². The van der Waals surface area contributed by atoms with Crippen molar-refractivity contribution in [2.75, 3.05) is 9.80 Å². The molecule has 4 nitrogen and oxygen atoms in total. The third-order valence-electron chi connectivity index (χ3n) is 21.2. The van der Waals surface area contributed by atoms with Crippen LogP contribution in [0.25, 0.3) is 110 Å². The van der Waals surface area contributed by atoms with E-state index in [0.717, 1.165) is 48.4 Å². The van der Waals surface area contributed by atoms with Crippen LogP contribution in [0.4, 0.5) is 34.1 Å². The Morgan fingerprint density at radius 2 is 0.638 bits per heavy atom. The Morgan fingerprint density at radius 3 is 1.06 bits per heavy atom. The number of benzene rings is 14. The highest BCUT2D eigenvalue weighted by molar-refractivity contribution is 6.30. The number of fused-ring (bicyclic) bond motifs is 8. The minimum atomic E-state index is 0.239. The summed E-state index contributed by atoms with van der Waals surface area (Å²) in [6.45, 7) is 9.60. The summed E-state index contributed by atoms with van der Waals surface area (Å²) in [5.41, 5.74) is 27.9. The molecule has 0 fully saturated rings. The van der Waals surface area contributed by atoms with Crippen LogP contribution >= 0.6 is 0 Å². The van der Waals surface area contributed by atoms with Gasteiger partial charge in [-0.2, -0.15) is 0 Å². The molecule has 0 unspecified atom stereocenters. The van der Waals surface area contributed by atoms with Gasteiger partial charge >= 0.3 is 0 Å². The molecule has 0 saturated heterocycles. The van der Waals surface area contributed by atoms with E-state index in [-0.39, 0.29) is 11.8 Å². The lowest BCUT2D eigenvalue weighted by molar-refractivity contribution is 0.686. The second kappa shape index (κ2) is 22.6. The largest absolute Gasteiger partial charge is 0.309 e. The number of aryl methyl sites for hydroxylation is 2. The molecule has 0 radical (unpaired) electrons. The van der Waals surface area contributed by atoms with E-state index in [0.29, 0.717) is 0 Å². The Balaban J connectivity index is 0.892. The average molecular weight is 1210 g/mol. The van der Waals surface area contributed by atoms with Crippen LogP contribution in [0.5, 0.6) is 0 Å². The fraction of sp³-hybridized carbons (Fsp3) is 0.156. The van der Waals surface area contributed by atoms with Crippen LogP contribution in [0.1, 0.15) is 98.6 Å². The van der Waals surface area contributed by atoms with Crippen LogP contribution in [-0.4, -0.2) is 9.13 Å². The Labute approximate surface area is 550 Å². The summed E-state index contributed by atoms with van der Waals surface area (Å²) in [5.74, 6) is 0.478. The van der Waals surface area contributed by atoms with Crippen molar-refractivity contribution in [2.45, 2.75) is 90.9 Å². The van der Waals surface area contributed by atoms with Gasteiger partial charge in [0.2, 0.25) is 0 Å². The lowest BCUT2D eigenvalue weighted by Crippen LogP contribution is -2.17. The van der Waals surface area contributed by atoms with Crippen molar-refractivity contribution in [3.63, 3.8) is 0 Å². The number of para-hydroxylation sites is 2. The normalized spacial score (nSPS) is 13.4. The quantitative estimate of drug-likeness (QED) is 0.113. The van der Waals surface area contributed by atoms with Crippen molar-refractivity contribution in [2.24, 2.45) is 0 Å². The van der Waals surface area contributed by atoms with Crippen LogP contribution in [0.15, 0.2) is 267 Å². The van der Waals surface area contributed by atoms with Crippen molar-refractivity contribution >= 4 is 110 Å². The van der Waals surface area contributed by atoms with Gasteiger partial charge in [0.05, 0.1) is 33.4 Å². The fourth-order valence-electron chi connectivity index (χ4n) is 16.7. The topological polar surface area (TPSA) is 16.3 Å². The zero-order valence-electron chi connectivity index (χ0n) is 54.0. The van der Waals surface area contributed by atoms with Crippen molar-refractivity contribution < 1.29 is 0 Å². The molecule has 0 atom stereocenters. The number of rotatable bonds is 12. The maximum Gasteiger partial charge on any atom is 0.0561 e. The zero-order valence-corrected chi connectivity index (χ0v) is 54.0. The second-order valence-corrected chi connectivity index (χ2v) is 27.2. The van der Waals surface area contributed by atoms with Gasteiger partial charge in [-0.1, -0.05) is 210 Å². The van der Waals surface area contributed by atoms with Crippen LogP contribution in [0.2, 0.25) is 0 Å². The highest BCUT2D eigenvalue weighted by Crippen LogP contribution is 2.54. The summed E-state index contributed by atoms with van der Waals surface area (Å²) in [6, 6.07) is 102. The second-order valence-electron chi connectivity index (χ2n) is 27.2. The van der Waals surface area contributed by atoms with Gasteiger partial charge in [0.25, 0.3) is 0 Å². The molecule has 2 aliphatic rings. The first-order chi connectivity index (χ1) is 46.3. The molecule has 0 spiro atoms. The molecular weight excluding hydrogens is 1140 g/mol. The Morgan fingerprint density at radius 1 is 0.277 bits per heavy atom. The van der Waals surface area contributed by atoms with Gasteiger partial charge in [0, 0.05) is 66.4 Å². The van der Waals surface area contributed by atoms with Crippen molar-refractivity contribution in [3.8, 4) is 33.6 Å². The standard InChI is InChI=1S/C90H74N4/c1-57(2)79-55-87(93(81-35-19-27-63-25-11-13-29-69(63)81)67-45-47-73-71-31-15-17-33-83(71)91(85(73)53-67)65-41-37-61(38-42-65)59-21-7-5-8-22-59)77-52-50-76-80(58(3)4)56-88(78-51-49-75(79)89(77)90(76)78)94(82-36-20-28-64-26-12-14-30-70(64)82)68-46-48-74-72-32-16-18-34-84(72)92(86(74)54-68)66-43-39-62(40-44-66)60-23-9-6-10-24-60/h5-10,15-24,27-28,31-58H,11-14,25-26,29-30H2,1-4H3. The Hall–Kier alpha value is -10.7. The van der Waals surface area contributed by atoms with Gasteiger partial charge in [-0.15, -0.1) is 0 Å². The van der Waals surface area contributed by atoms with Gasteiger partial charge in [-0.3, -0.25) is 0 Å². The zero-order chi connectivity index (χ0) is 62.7. The van der Waals surface area contributed by atoms with Gasteiger partial charge in [-0.25, -0.2) is 0 Å². The highest BCUT2D eigenvalue weighted by atomic mass is 15.2. The number of aromatic nitrogens is 2. The van der Waals surface area contributed by atoms with Crippen molar-refractivity contribution in [1.29, 1.82) is 0 Å². The van der Waals surface area contributed by atoms with Gasteiger partial charge in [-0.05, 0) is 225 Å². The van der Waals surface area contributed by atoms with Crippen LogP contribution in [0.3, 0.4) is 0 Å². The lowest BCUT2D eigenvalue weighted by Gasteiger charge is -2.34. The van der Waals surface area contributed by atoms with Gasteiger partial charge < -0.3 is 18.9 Å². The summed E-state index contributed by atoms with van der Waals surface area (Å²) in [4.78, 5) is 5.36. The predicted molar refractivity (Wildman–Crippen MR) is 401 cm³/mol. The molecule has 94 heavy (non-hydrogen) atoms. The minimum Gasteiger partial charge on any atom is -0.309 e. The third kappa shape index (κ3) is 9.01. The minimum absolute atomic E-state index is 0.239. The summed E-state index contributed by atoms with van der Waals surface area (Å²) in [7, 11) is 0. The van der Waals surface area contributed by atoms with E-state index in [1.54, 1.807) is 0 Å². The van der Waals surface area contributed by atoms with Crippen LogP contribution in [0, 0.1) is 0 Å². The van der Waals surface area contributed by atoms with E-state index in [1.807, 2.05) is 0 Å². The van der Waals surface area contributed by atoms with Gasteiger partial charge in [0.1, 0.15) is 0 Å². The van der Waals surface area contributed by atoms with Gasteiger partial charge in [0.15, 0.2) is 0 Å². The average Bonchev–Trinajstić information content (AvgIpc) is 0.831. The molecule has 0 aliphatic heterocycles. The smallest absolute Gasteiger partial charge is 0.0561 e. The van der Waals surface area contributed by atoms with E-state index in [2.05, 4.69) is 314 Å². The van der Waals surface area contributed by atoms with E-state index in [1.165, 1.54) is 180 Å². The highest BCUT2D eigenvalue weighted by Gasteiger charge is 2.30. The molecule has 2 heterocycles. The molecule has 0 N–H and O–H groups in total. The molecule has 454 valence electrons. The number of anilines is 6. The molecule has 2 aliphatic carbocycles. The first-order valence-electron chi connectivity index (χ1n) is 34.3. The maximum atomic E-state index is 2.68. The third-order valence-corrected chi connectivity index (χ3v) is 21.2. The molecule has 18 rings (SSSR count). The molecule has 4 heteroatoms. The number of hydrogen-bond acceptors (Lipinski definition) is 2.